The predicted octanol–water partition coefficient (Wildman–Crippen LogP) is 1.84. The molecule has 0 aliphatic heterocycles. The van der Waals surface area contributed by atoms with Gasteiger partial charge in [0.25, 0.3) is 0 Å². The monoisotopic (exact) mass is 269 g/mol. The fourth-order valence-electron chi connectivity index (χ4n) is 2.89. The lowest BCUT2D eigenvalue weighted by Gasteiger charge is -2.36. The zero-order chi connectivity index (χ0) is 14.3. The minimum absolute atomic E-state index is 0.238. The van der Waals surface area contributed by atoms with Crippen molar-refractivity contribution in [1.29, 1.82) is 0 Å². The molecule has 1 amide bonds. The first-order valence-electron chi connectivity index (χ1n) is 7.74. The molecule has 112 valence electrons. The van der Waals surface area contributed by atoms with Gasteiger partial charge in [0.15, 0.2) is 0 Å². The van der Waals surface area contributed by atoms with Gasteiger partial charge in [-0.1, -0.05) is 6.92 Å². The molecule has 0 aromatic heterocycles. The van der Waals surface area contributed by atoms with Gasteiger partial charge >= 0.3 is 0 Å². The highest BCUT2D eigenvalue weighted by atomic mass is 16.2. The maximum Gasteiger partial charge on any atom is 0.222 e. The molecule has 0 atom stereocenters. The Hall–Kier alpha value is -0.610. The van der Waals surface area contributed by atoms with Crippen LogP contribution in [0.25, 0.3) is 0 Å². The Labute approximate surface area is 118 Å². The summed E-state index contributed by atoms with van der Waals surface area (Å²) >= 11 is 0. The van der Waals surface area contributed by atoms with Crippen molar-refractivity contribution in [3.05, 3.63) is 0 Å². The van der Waals surface area contributed by atoms with E-state index in [0.29, 0.717) is 18.5 Å². The summed E-state index contributed by atoms with van der Waals surface area (Å²) in [5, 5.41) is 0. The van der Waals surface area contributed by atoms with E-state index in [-0.39, 0.29) is 5.91 Å². The predicted molar refractivity (Wildman–Crippen MR) is 80.0 cm³/mol. The third kappa shape index (κ3) is 5.91. The first-order valence-corrected chi connectivity index (χ1v) is 7.74. The van der Waals surface area contributed by atoms with Gasteiger partial charge in [0, 0.05) is 32.6 Å². The van der Waals surface area contributed by atoms with Crippen LogP contribution in [0.15, 0.2) is 0 Å². The van der Waals surface area contributed by atoms with Gasteiger partial charge in [0.2, 0.25) is 5.91 Å². The van der Waals surface area contributed by atoms with E-state index < -0.39 is 0 Å². The molecule has 4 nitrogen and oxygen atoms in total. The molecule has 0 aromatic carbocycles. The third-order valence-corrected chi connectivity index (χ3v) is 4.10. The van der Waals surface area contributed by atoms with Crippen LogP contribution in [0.5, 0.6) is 0 Å². The van der Waals surface area contributed by atoms with Crippen molar-refractivity contribution in [2.75, 3.05) is 27.2 Å². The Morgan fingerprint density at radius 1 is 1.16 bits per heavy atom. The van der Waals surface area contributed by atoms with Crippen LogP contribution in [0.2, 0.25) is 0 Å². The number of carbonyl (C=O) groups excluding carboxylic acids is 1. The second kappa shape index (κ2) is 8.54. The van der Waals surface area contributed by atoms with E-state index >= 15 is 0 Å². The standard InChI is InChI=1S/C15H31N3O/c1-4-11-18(12-5-6-15(19)17(2)3)14-9-7-13(16)8-10-14/h13-14H,4-12,16H2,1-3H3. The van der Waals surface area contributed by atoms with E-state index in [4.69, 9.17) is 5.73 Å². The maximum atomic E-state index is 11.6. The summed E-state index contributed by atoms with van der Waals surface area (Å²) in [6.45, 7) is 4.43. The second-order valence-corrected chi connectivity index (χ2v) is 6.00. The Kier molecular flexibility index (Phi) is 7.39. The Morgan fingerprint density at radius 3 is 2.32 bits per heavy atom. The third-order valence-electron chi connectivity index (χ3n) is 4.10. The number of nitrogens with two attached hydrogens (primary N) is 1. The molecule has 0 saturated heterocycles. The van der Waals surface area contributed by atoms with Crippen LogP contribution >= 0.6 is 0 Å². The lowest BCUT2D eigenvalue weighted by Crippen LogP contribution is -2.42. The van der Waals surface area contributed by atoms with Crippen LogP contribution in [0, 0.1) is 0 Å². The molecular weight excluding hydrogens is 238 g/mol. The van der Waals surface area contributed by atoms with Crippen molar-refractivity contribution in [2.24, 2.45) is 5.73 Å². The Morgan fingerprint density at radius 2 is 1.79 bits per heavy atom. The van der Waals surface area contributed by atoms with Gasteiger partial charge in [0.05, 0.1) is 0 Å². The van der Waals surface area contributed by atoms with E-state index in [1.165, 1.54) is 19.3 Å². The molecule has 0 heterocycles. The minimum Gasteiger partial charge on any atom is -0.349 e. The Bertz CT molecular complexity index is 260. The van der Waals surface area contributed by atoms with Gasteiger partial charge in [-0.05, 0) is 51.6 Å². The van der Waals surface area contributed by atoms with Crippen LogP contribution in [0.1, 0.15) is 51.9 Å². The van der Waals surface area contributed by atoms with Crippen LogP contribution in [-0.2, 0) is 4.79 Å². The van der Waals surface area contributed by atoms with E-state index in [0.717, 1.165) is 32.4 Å². The molecule has 0 radical (unpaired) electrons. The van der Waals surface area contributed by atoms with Crippen LogP contribution in [-0.4, -0.2) is 55.0 Å². The van der Waals surface area contributed by atoms with Gasteiger partial charge < -0.3 is 15.5 Å². The molecule has 0 unspecified atom stereocenters. The first kappa shape index (κ1) is 16.4. The van der Waals surface area contributed by atoms with Gasteiger partial charge in [-0.25, -0.2) is 0 Å². The molecule has 4 heteroatoms. The van der Waals surface area contributed by atoms with Crippen molar-refractivity contribution in [2.45, 2.75) is 64.0 Å². The topological polar surface area (TPSA) is 49.6 Å². The smallest absolute Gasteiger partial charge is 0.222 e. The molecule has 1 rings (SSSR count). The number of hydrogen-bond acceptors (Lipinski definition) is 3. The molecule has 1 saturated carbocycles. The molecule has 1 fully saturated rings. The number of carbonyl (C=O) groups is 1. The van der Waals surface area contributed by atoms with Gasteiger partial charge in [-0.15, -0.1) is 0 Å². The SMILES string of the molecule is CCCN(CCCC(=O)N(C)C)C1CCC(N)CC1. The van der Waals surface area contributed by atoms with Gasteiger partial charge in [-0.2, -0.15) is 0 Å². The molecule has 1 aliphatic carbocycles. The summed E-state index contributed by atoms with van der Waals surface area (Å²) < 4.78 is 0. The van der Waals surface area contributed by atoms with Crippen LogP contribution < -0.4 is 5.73 Å². The van der Waals surface area contributed by atoms with E-state index in [1.54, 1.807) is 4.90 Å². The van der Waals surface area contributed by atoms with Crippen LogP contribution in [0.3, 0.4) is 0 Å². The van der Waals surface area contributed by atoms with E-state index in [2.05, 4.69) is 11.8 Å². The van der Waals surface area contributed by atoms with Crippen molar-refractivity contribution in [3.63, 3.8) is 0 Å². The highest BCUT2D eigenvalue weighted by Gasteiger charge is 2.23. The van der Waals surface area contributed by atoms with E-state index in [9.17, 15) is 4.79 Å². The minimum atomic E-state index is 0.238. The second-order valence-electron chi connectivity index (χ2n) is 6.00. The number of hydrogen-bond donors (Lipinski definition) is 1. The molecule has 0 bridgehead atoms. The van der Waals surface area contributed by atoms with Crippen molar-refractivity contribution in [3.8, 4) is 0 Å². The van der Waals surface area contributed by atoms with Gasteiger partial charge in [-0.3, -0.25) is 4.79 Å². The van der Waals surface area contributed by atoms with Crippen molar-refractivity contribution < 1.29 is 4.79 Å². The summed E-state index contributed by atoms with van der Waals surface area (Å²) in [7, 11) is 3.66. The Balaban J connectivity index is 2.33. The molecule has 2 N–H and O–H groups in total. The summed E-state index contributed by atoms with van der Waals surface area (Å²) in [6.07, 6.45) is 7.58. The zero-order valence-electron chi connectivity index (χ0n) is 12.9. The number of rotatable bonds is 7. The quantitative estimate of drug-likeness (QED) is 0.767. The first-order chi connectivity index (χ1) is 9.04. The summed E-state index contributed by atoms with van der Waals surface area (Å²) in [4.78, 5) is 15.9. The summed E-state index contributed by atoms with van der Waals surface area (Å²) in [6, 6.07) is 1.10. The van der Waals surface area contributed by atoms with Crippen LogP contribution in [0.4, 0.5) is 0 Å². The van der Waals surface area contributed by atoms with Crippen molar-refractivity contribution >= 4 is 5.91 Å². The number of nitrogens with zero attached hydrogens (tertiary/aromatic N) is 2. The van der Waals surface area contributed by atoms with E-state index in [1.807, 2.05) is 14.1 Å². The largest absolute Gasteiger partial charge is 0.349 e. The average molecular weight is 269 g/mol. The number of amides is 1. The highest BCUT2D eigenvalue weighted by molar-refractivity contribution is 5.75. The summed E-state index contributed by atoms with van der Waals surface area (Å²) in [5.41, 5.74) is 5.98. The molecule has 0 spiro atoms. The zero-order valence-corrected chi connectivity index (χ0v) is 12.9. The normalized spacial score (nSPS) is 23.6. The fourth-order valence-corrected chi connectivity index (χ4v) is 2.89. The highest BCUT2D eigenvalue weighted by Crippen LogP contribution is 2.22. The lowest BCUT2D eigenvalue weighted by atomic mass is 9.90. The maximum absolute atomic E-state index is 11.6. The average Bonchev–Trinajstić information content (AvgIpc) is 2.38. The van der Waals surface area contributed by atoms with Gasteiger partial charge in [0.1, 0.15) is 0 Å². The summed E-state index contributed by atoms with van der Waals surface area (Å²) in [5.74, 6) is 0.238. The molecule has 1 aliphatic rings. The van der Waals surface area contributed by atoms with Crippen molar-refractivity contribution in [1.82, 2.24) is 9.80 Å². The fraction of sp³-hybridized carbons (Fsp3) is 0.933. The lowest BCUT2D eigenvalue weighted by molar-refractivity contribution is -0.128. The molecule has 19 heavy (non-hydrogen) atoms. The molecule has 0 aromatic rings. The molecular formula is C15H31N3O.